The first-order valence-electron chi connectivity index (χ1n) is 7.61. The highest BCUT2D eigenvalue weighted by atomic mass is 32.2. The lowest BCUT2D eigenvalue weighted by atomic mass is 9.99. The standard InChI is InChI=1S/C17H23N3S/c1-12-11-16(20(3)19-12)21-15-10-6-8-13-7-4-5-9-14(13)17(15)18-2/h4-5,7,9,11,15,17-18H,6,8,10H2,1-3H3. The molecule has 0 saturated heterocycles. The van der Waals surface area contributed by atoms with Gasteiger partial charge in [0.2, 0.25) is 0 Å². The fraction of sp³-hybridized carbons (Fsp3) is 0.471. The van der Waals surface area contributed by atoms with Crippen LogP contribution in [0.1, 0.15) is 35.7 Å². The summed E-state index contributed by atoms with van der Waals surface area (Å²) in [6.07, 6.45) is 3.68. The van der Waals surface area contributed by atoms with Crippen LogP contribution in [-0.4, -0.2) is 22.1 Å². The van der Waals surface area contributed by atoms with Gasteiger partial charge in [-0.1, -0.05) is 24.3 Å². The van der Waals surface area contributed by atoms with Crippen molar-refractivity contribution in [1.82, 2.24) is 15.1 Å². The molecule has 2 aromatic rings. The Labute approximate surface area is 131 Å². The molecule has 0 fully saturated rings. The number of rotatable bonds is 3. The largest absolute Gasteiger partial charge is 0.312 e. The fourth-order valence-electron chi connectivity index (χ4n) is 3.25. The molecule has 4 heteroatoms. The van der Waals surface area contributed by atoms with Crippen molar-refractivity contribution in [2.24, 2.45) is 7.05 Å². The molecule has 21 heavy (non-hydrogen) atoms. The van der Waals surface area contributed by atoms with E-state index in [0.29, 0.717) is 11.3 Å². The topological polar surface area (TPSA) is 29.9 Å². The van der Waals surface area contributed by atoms with Gasteiger partial charge in [-0.15, -0.1) is 11.8 Å². The van der Waals surface area contributed by atoms with Gasteiger partial charge in [-0.3, -0.25) is 4.68 Å². The predicted octanol–water partition coefficient (Wildman–Crippen LogP) is 3.49. The zero-order chi connectivity index (χ0) is 14.8. The Morgan fingerprint density at radius 1 is 1.33 bits per heavy atom. The number of thioether (sulfide) groups is 1. The lowest BCUT2D eigenvalue weighted by molar-refractivity contribution is 0.545. The molecule has 0 aliphatic heterocycles. The Bertz CT molecular complexity index is 620. The maximum Gasteiger partial charge on any atom is 0.0942 e. The molecule has 0 bridgehead atoms. The molecule has 1 aromatic heterocycles. The van der Waals surface area contributed by atoms with Gasteiger partial charge in [0.05, 0.1) is 10.7 Å². The minimum atomic E-state index is 0.406. The van der Waals surface area contributed by atoms with E-state index in [1.807, 2.05) is 23.5 Å². The van der Waals surface area contributed by atoms with Gasteiger partial charge in [-0.25, -0.2) is 0 Å². The average Bonchev–Trinajstić information content (AvgIpc) is 2.69. The van der Waals surface area contributed by atoms with Crippen molar-refractivity contribution in [3.8, 4) is 0 Å². The Balaban J connectivity index is 1.89. The van der Waals surface area contributed by atoms with Crippen molar-refractivity contribution < 1.29 is 0 Å². The molecule has 1 heterocycles. The van der Waals surface area contributed by atoms with E-state index in [1.165, 1.54) is 35.4 Å². The lowest BCUT2D eigenvalue weighted by Gasteiger charge is -2.25. The molecule has 0 radical (unpaired) electrons. The monoisotopic (exact) mass is 301 g/mol. The van der Waals surface area contributed by atoms with Gasteiger partial charge in [0.1, 0.15) is 0 Å². The van der Waals surface area contributed by atoms with E-state index >= 15 is 0 Å². The maximum atomic E-state index is 4.47. The molecule has 2 unspecified atom stereocenters. The number of benzene rings is 1. The summed E-state index contributed by atoms with van der Waals surface area (Å²) >= 11 is 1.96. The summed E-state index contributed by atoms with van der Waals surface area (Å²) in [5.74, 6) is 0. The molecule has 0 spiro atoms. The fourth-order valence-corrected chi connectivity index (χ4v) is 4.69. The minimum Gasteiger partial charge on any atom is -0.312 e. The predicted molar refractivity (Wildman–Crippen MR) is 88.8 cm³/mol. The van der Waals surface area contributed by atoms with E-state index in [-0.39, 0.29) is 0 Å². The first-order chi connectivity index (χ1) is 10.2. The quantitative estimate of drug-likeness (QED) is 0.880. The third-order valence-corrected chi connectivity index (χ3v) is 5.67. The highest BCUT2D eigenvalue weighted by molar-refractivity contribution is 7.99. The second kappa shape index (κ2) is 6.24. The molecular weight excluding hydrogens is 278 g/mol. The van der Waals surface area contributed by atoms with Gasteiger partial charge in [-0.2, -0.15) is 5.10 Å². The Kier molecular flexibility index (Phi) is 4.36. The summed E-state index contributed by atoms with van der Waals surface area (Å²) in [6, 6.07) is 11.5. The lowest BCUT2D eigenvalue weighted by Crippen LogP contribution is -2.27. The number of aromatic nitrogens is 2. The Hall–Kier alpha value is -1.26. The molecule has 2 atom stereocenters. The normalized spacial score (nSPS) is 21.9. The zero-order valence-corrected chi connectivity index (χ0v) is 13.8. The second-order valence-corrected chi connectivity index (χ2v) is 7.02. The van der Waals surface area contributed by atoms with Gasteiger partial charge in [0.15, 0.2) is 0 Å². The third-order valence-electron chi connectivity index (χ3n) is 4.24. The van der Waals surface area contributed by atoms with Crippen LogP contribution >= 0.6 is 11.8 Å². The summed E-state index contributed by atoms with van der Waals surface area (Å²) in [5.41, 5.74) is 4.06. The summed E-state index contributed by atoms with van der Waals surface area (Å²) < 4.78 is 2.00. The zero-order valence-electron chi connectivity index (χ0n) is 13.0. The number of fused-ring (bicyclic) bond motifs is 1. The van der Waals surface area contributed by atoms with Crippen LogP contribution in [-0.2, 0) is 13.5 Å². The molecule has 1 aromatic carbocycles. The number of nitrogens with one attached hydrogen (secondary N) is 1. The molecule has 3 rings (SSSR count). The number of aryl methyl sites for hydroxylation is 3. The first-order valence-corrected chi connectivity index (χ1v) is 8.49. The molecule has 0 amide bonds. The van der Waals surface area contributed by atoms with Crippen molar-refractivity contribution in [3.63, 3.8) is 0 Å². The highest BCUT2D eigenvalue weighted by Crippen LogP contribution is 2.38. The third kappa shape index (κ3) is 3.01. The van der Waals surface area contributed by atoms with E-state index in [4.69, 9.17) is 0 Å². The van der Waals surface area contributed by atoms with E-state index in [1.54, 1.807) is 0 Å². The molecule has 3 nitrogen and oxygen atoms in total. The molecule has 112 valence electrons. The Morgan fingerprint density at radius 2 is 2.14 bits per heavy atom. The van der Waals surface area contributed by atoms with Crippen LogP contribution in [0.15, 0.2) is 35.4 Å². The van der Waals surface area contributed by atoms with E-state index in [2.05, 4.69) is 54.7 Å². The summed E-state index contributed by atoms with van der Waals surface area (Å²) in [6.45, 7) is 2.06. The minimum absolute atomic E-state index is 0.406. The number of hydrogen-bond acceptors (Lipinski definition) is 3. The van der Waals surface area contributed by atoms with Gasteiger partial charge in [-0.05, 0) is 50.4 Å². The molecule has 1 aliphatic carbocycles. The molecule has 1 aliphatic rings. The van der Waals surface area contributed by atoms with E-state index in [9.17, 15) is 0 Å². The summed E-state index contributed by atoms with van der Waals surface area (Å²) in [4.78, 5) is 0. The molecule has 0 saturated carbocycles. The van der Waals surface area contributed by atoms with Crippen molar-refractivity contribution >= 4 is 11.8 Å². The highest BCUT2D eigenvalue weighted by Gasteiger charge is 2.28. The van der Waals surface area contributed by atoms with E-state index in [0.717, 1.165) is 5.69 Å². The first kappa shape index (κ1) is 14.7. The Morgan fingerprint density at radius 3 is 2.86 bits per heavy atom. The van der Waals surface area contributed by atoms with Crippen molar-refractivity contribution in [1.29, 1.82) is 0 Å². The van der Waals surface area contributed by atoms with Crippen LogP contribution in [0, 0.1) is 6.92 Å². The average molecular weight is 301 g/mol. The van der Waals surface area contributed by atoms with Gasteiger partial charge in [0, 0.05) is 18.3 Å². The number of nitrogens with zero attached hydrogens (tertiary/aromatic N) is 2. The van der Waals surface area contributed by atoms with Crippen LogP contribution in [0.25, 0.3) is 0 Å². The maximum absolute atomic E-state index is 4.47. The molecular formula is C17H23N3S. The van der Waals surface area contributed by atoms with Crippen LogP contribution in [0.5, 0.6) is 0 Å². The van der Waals surface area contributed by atoms with Crippen molar-refractivity contribution in [3.05, 3.63) is 47.2 Å². The van der Waals surface area contributed by atoms with E-state index < -0.39 is 0 Å². The molecule has 1 N–H and O–H groups in total. The van der Waals surface area contributed by atoms with Crippen LogP contribution < -0.4 is 5.32 Å². The van der Waals surface area contributed by atoms with Crippen molar-refractivity contribution in [2.45, 2.75) is 42.5 Å². The van der Waals surface area contributed by atoms with Crippen LogP contribution in [0.3, 0.4) is 0 Å². The smallest absolute Gasteiger partial charge is 0.0942 e. The van der Waals surface area contributed by atoms with Gasteiger partial charge in [0.25, 0.3) is 0 Å². The van der Waals surface area contributed by atoms with Gasteiger partial charge < -0.3 is 5.32 Å². The number of hydrogen-bond donors (Lipinski definition) is 1. The van der Waals surface area contributed by atoms with Gasteiger partial charge >= 0.3 is 0 Å². The van der Waals surface area contributed by atoms with Crippen molar-refractivity contribution in [2.75, 3.05) is 7.05 Å². The summed E-state index contributed by atoms with van der Waals surface area (Å²) in [7, 11) is 4.11. The second-order valence-electron chi connectivity index (χ2n) is 5.76. The van der Waals surface area contributed by atoms with Crippen LogP contribution in [0.4, 0.5) is 0 Å². The van der Waals surface area contributed by atoms with Crippen LogP contribution in [0.2, 0.25) is 0 Å². The SMILES string of the molecule is CNC1c2ccccc2CCCC1Sc1cc(C)nn1C. The summed E-state index contributed by atoms with van der Waals surface area (Å²) in [5, 5.41) is 9.83.